The van der Waals surface area contributed by atoms with Crippen LogP contribution in [0.5, 0.6) is 5.75 Å². The maximum Gasteiger partial charge on any atom is 0.349 e. The molecule has 6 nitrogen and oxygen atoms in total. The normalized spacial score (nSPS) is 10.0. The molecule has 0 aliphatic heterocycles. The van der Waals surface area contributed by atoms with Crippen molar-refractivity contribution < 1.29 is 9.52 Å². The summed E-state index contributed by atoms with van der Waals surface area (Å²) in [5.74, 6) is -0.0265. The number of aromatic hydroxyl groups is 1. The quantitative estimate of drug-likeness (QED) is 0.774. The molecule has 0 aromatic carbocycles. The molecule has 2 rings (SSSR count). The molecule has 0 aliphatic carbocycles. The minimum Gasteiger partial charge on any atom is -0.507 e. The molecule has 0 amide bonds. The molecular weight excluding hydrogens is 236 g/mol. The number of aromatic nitrogens is 1. The molecule has 2 aromatic rings. The molecule has 0 bridgehead atoms. The summed E-state index contributed by atoms with van der Waals surface area (Å²) in [6.45, 7) is 1.52. The van der Waals surface area contributed by atoms with Crippen LogP contribution >= 0.6 is 0 Å². The van der Waals surface area contributed by atoms with Crippen molar-refractivity contribution in [3.8, 4) is 23.1 Å². The molecule has 0 saturated carbocycles. The molecular formula is C12H8N2O4. The zero-order valence-corrected chi connectivity index (χ0v) is 9.35. The van der Waals surface area contributed by atoms with Crippen LogP contribution in [-0.2, 0) is 0 Å². The van der Waals surface area contributed by atoms with Crippen LogP contribution in [0.2, 0.25) is 0 Å². The monoisotopic (exact) mass is 244 g/mol. The average molecular weight is 244 g/mol. The summed E-state index contributed by atoms with van der Waals surface area (Å²) in [7, 11) is 0. The zero-order chi connectivity index (χ0) is 13.3. The Hall–Kier alpha value is -2.81. The number of nitrogens with zero attached hydrogens (tertiary/aromatic N) is 1. The highest BCUT2D eigenvalue weighted by molar-refractivity contribution is 5.65. The van der Waals surface area contributed by atoms with Crippen LogP contribution in [-0.4, -0.2) is 10.1 Å². The van der Waals surface area contributed by atoms with E-state index in [0.717, 1.165) is 0 Å². The van der Waals surface area contributed by atoms with Gasteiger partial charge >= 0.3 is 5.63 Å². The van der Waals surface area contributed by atoms with Gasteiger partial charge in [0.2, 0.25) is 0 Å². The summed E-state index contributed by atoms with van der Waals surface area (Å²) in [6.07, 6.45) is 0. The highest BCUT2D eigenvalue weighted by Gasteiger charge is 2.13. The SMILES string of the molecule is Cc1cc(O)c(-c2ccc(C#N)c(=O)[nH]2)c(=O)o1. The largest absolute Gasteiger partial charge is 0.507 e. The Kier molecular flexibility index (Phi) is 2.73. The third kappa shape index (κ3) is 1.89. The number of hydrogen-bond acceptors (Lipinski definition) is 5. The third-order valence-electron chi connectivity index (χ3n) is 2.35. The zero-order valence-electron chi connectivity index (χ0n) is 9.35. The predicted molar refractivity (Wildman–Crippen MR) is 62.2 cm³/mol. The molecule has 2 N–H and O–H groups in total. The molecule has 0 fully saturated rings. The van der Waals surface area contributed by atoms with Crippen molar-refractivity contribution in [2.75, 3.05) is 0 Å². The maximum atomic E-state index is 11.6. The number of pyridine rings is 1. The van der Waals surface area contributed by atoms with E-state index in [-0.39, 0.29) is 28.3 Å². The fourth-order valence-corrected chi connectivity index (χ4v) is 1.55. The summed E-state index contributed by atoms with van der Waals surface area (Å²) in [4.78, 5) is 25.4. The van der Waals surface area contributed by atoms with Gasteiger partial charge in [-0.25, -0.2) is 4.79 Å². The summed E-state index contributed by atoms with van der Waals surface area (Å²) in [5.41, 5.74) is -1.50. The molecule has 2 aromatic heterocycles. The molecule has 0 spiro atoms. The lowest BCUT2D eigenvalue weighted by Gasteiger charge is -2.03. The van der Waals surface area contributed by atoms with Crippen molar-refractivity contribution in [3.05, 3.63) is 50.3 Å². The van der Waals surface area contributed by atoms with E-state index in [1.54, 1.807) is 6.07 Å². The summed E-state index contributed by atoms with van der Waals surface area (Å²) >= 11 is 0. The van der Waals surface area contributed by atoms with Crippen molar-refractivity contribution in [1.82, 2.24) is 4.98 Å². The van der Waals surface area contributed by atoms with Gasteiger partial charge in [-0.3, -0.25) is 4.79 Å². The summed E-state index contributed by atoms with van der Waals surface area (Å²) in [5, 5.41) is 18.3. The average Bonchev–Trinajstić information content (AvgIpc) is 2.27. The fourth-order valence-electron chi connectivity index (χ4n) is 1.55. The molecule has 18 heavy (non-hydrogen) atoms. The van der Waals surface area contributed by atoms with Gasteiger partial charge in [-0.1, -0.05) is 0 Å². The number of nitrogens with one attached hydrogen (secondary N) is 1. The molecule has 0 saturated heterocycles. The minimum absolute atomic E-state index is 0.0743. The first-order valence-corrected chi connectivity index (χ1v) is 5.00. The van der Waals surface area contributed by atoms with E-state index < -0.39 is 11.2 Å². The Morgan fingerprint density at radius 3 is 2.67 bits per heavy atom. The second-order valence-corrected chi connectivity index (χ2v) is 3.63. The third-order valence-corrected chi connectivity index (χ3v) is 2.35. The number of nitriles is 1. The predicted octanol–water partition coefficient (Wildman–Crippen LogP) is 0.881. The van der Waals surface area contributed by atoms with E-state index >= 15 is 0 Å². The number of hydrogen-bond donors (Lipinski definition) is 2. The number of rotatable bonds is 1. The van der Waals surface area contributed by atoms with Gasteiger partial charge in [0.15, 0.2) is 0 Å². The smallest absolute Gasteiger partial charge is 0.349 e. The number of H-pyrrole nitrogens is 1. The van der Waals surface area contributed by atoms with E-state index in [9.17, 15) is 14.7 Å². The van der Waals surface area contributed by atoms with E-state index in [1.165, 1.54) is 25.1 Å². The summed E-state index contributed by atoms with van der Waals surface area (Å²) < 4.78 is 4.84. The summed E-state index contributed by atoms with van der Waals surface area (Å²) in [6, 6.07) is 5.61. The van der Waals surface area contributed by atoms with Gasteiger partial charge in [0, 0.05) is 6.07 Å². The van der Waals surface area contributed by atoms with E-state index in [0.29, 0.717) is 0 Å². The van der Waals surface area contributed by atoms with Crippen LogP contribution in [0.3, 0.4) is 0 Å². The maximum absolute atomic E-state index is 11.6. The molecule has 2 heterocycles. The Bertz CT molecular complexity index is 765. The van der Waals surface area contributed by atoms with Gasteiger partial charge in [0.05, 0.1) is 5.69 Å². The van der Waals surface area contributed by atoms with E-state index in [1.807, 2.05) is 0 Å². The van der Waals surface area contributed by atoms with Crippen molar-refractivity contribution in [2.24, 2.45) is 0 Å². The topological polar surface area (TPSA) is 107 Å². The highest BCUT2D eigenvalue weighted by atomic mass is 16.4. The van der Waals surface area contributed by atoms with Crippen molar-refractivity contribution in [2.45, 2.75) is 6.92 Å². The van der Waals surface area contributed by atoms with Gasteiger partial charge in [-0.15, -0.1) is 0 Å². The van der Waals surface area contributed by atoms with Gasteiger partial charge in [-0.2, -0.15) is 5.26 Å². The van der Waals surface area contributed by atoms with Gasteiger partial charge in [-0.05, 0) is 19.1 Å². The molecule has 0 unspecified atom stereocenters. The van der Waals surface area contributed by atoms with Crippen LogP contribution in [0.15, 0.2) is 32.2 Å². The minimum atomic E-state index is -0.757. The van der Waals surface area contributed by atoms with Crippen LogP contribution in [0.1, 0.15) is 11.3 Å². The first-order chi connectivity index (χ1) is 8.52. The van der Waals surface area contributed by atoms with Crippen LogP contribution in [0.4, 0.5) is 0 Å². The Labute approximate surface area is 101 Å². The van der Waals surface area contributed by atoms with Gasteiger partial charge in [0.25, 0.3) is 5.56 Å². The van der Waals surface area contributed by atoms with Gasteiger partial charge in [0.1, 0.15) is 28.7 Å². The molecule has 0 aliphatic rings. The van der Waals surface area contributed by atoms with Crippen LogP contribution < -0.4 is 11.2 Å². The Morgan fingerprint density at radius 2 is 2.11 bits per heavy atom. The Balaban J connectivity index is 2.71. The van der Waals surface area contributed by atoms with Crippen molar-refractivity contribution >= 4 is 0 Å². The number of aryl methyl sites for hydroxylation is 1. The van der Waals surface area contributed by atoms with Crippen molar-refractivity contribution in [3.63, 3.8) is 0 Å². The fraction of sp³-hybridized carbons (Fsp3) is 0.0833. The van der Waals surface area contributed by atoms with Gasteiger partial charge < -0.3 is 14.5 Å². The first kappa shape index (κ1) is 11.7. The lowest BCUT2D eigenvalue weighted by molar-refractivity contribution is 0.438. The Morgan fingerprint density at radius 1 is 1.39 bits per heavy atom. The second-order valence-electron chi connectivity index (χ2n) is 3.63. The lowest BCUT2D eigenvalue weighted by atomic mass is 10.1. The lowest BCUT2D eigenvalue weighted by Crippen LogP contribution is -2.13. The molecule has 6 heteroatoms. The van der Waals surface area contributed by atoms with Crippen LogP contribution in [0, 0.1) is 18.3 Å². The molecule has 0 radical (unpaired) electrons. The van der Waals surface area contributed by atoms with E-state index in [2.05, 4.69) is 4.98 Å². The molecule has 90 valence electrons. The van der Waals surface area contributed by atoms with Crippen LogP contribution in [0.25, 0.3) is 11.3 Å². The second kappa shape index (κ2) is 4.22. The van der Waals surface area contributed by atoms with Crippen molar-refractivity contribution in [1.29, 1.82) is 5.26 Å². The highest BCUT2D eigenvalue weighted by Crippen LogP contribution is 2.23. The van der Waals surface area contributed by atoms with E-state index in [4.69, 9.17) is 9.68 Å². The first-order valence-electron chi connectivity index (χ1n) is 5.00. The molecule has 0 atom stereocenters. The number of aromatic amines is 1. The standard InChI is InChI=1S/C12H8N2O4/c1-6-4-9(15)10(12(17)18-6)8-3-2-7(5-13)11(16)14-8/h2-4,15H,1H3,(H,14,16).